The summed E-state index contributed by atoms with van der Waals surface area (Å²) in [6.45, 7) is 3.60. The fourth-order valence-corrected chi connectivity index (χ4v) is 2.62. The van der Waals surface area contributed by atoms with Gasteiger partial charge >= 0.3 is 0 Å². The molecule has 3 nitrogen and oxygen atoms in total. The Bertz CT molecular complexity index is 624. The average molecular weight is 283 g/mol. The van der Waals surface area contributed by atoms with Gasteiger partial charge in [0.05, 0.1) is 13.2 Å². The molecule has 2 aromatic rings. The molecule has 1 heterocycles. The van der Waals surface area contributed by atoms with E-state index in [0.717, 1.165) is 30.1 Å². The average Bonchev–Trinajstić information content (AvgIpc) is 2.78. The summed E-state index contributed by atoms with van der Waals surface area (Å²) < 4.78 is 11.5. The van der Waals surface area contributed by atoms with Gasteiger partial charge in [0.25, 0.3) is 0 Å². The summed E-state index contributed by atoms with van der Waals surface area (Å²) in [6.07, 6.45) is 0.928. The van der Waals surface area contributed by atoms with Crippen LogP contribution in [0.25, 0.3) is 11.1 Å². The molecular formula is C18H21NO2. The second-order valence-corrected chi connectivity index (χ2v) is 5.31. The molecule has 0 aliphatic carbocycles. The molecule has 0 saturated heterocycles. The van der Waals surface area contributed by atoms with E-state index in [1.165, 1.54) is 11.1 Å². The maximum atomic E-state index is 5.80. The van der Waals surface area contributed by atoms with Gasteiger partial charge in [-0.15, -0.1) is 0 Å². The lowest BCUT2D eigenvalue weighted by Gasteiger charge is -2.17. The quantitative estimate of drug-likeness (QED) is 0.929. The van der Waals surface area contributed by atoms with Gasteiger partial charge in [-0.2, -0.15) is 0 Å². The molecule has 3 heteroatoms. The molecule has 0 amide bonds. The molecule has 21 heavy (non-hydrogen) atoms. The van der Waals surface area contributed by atoms with E-state index in [9.17, 15) is 0 Å². The van der Waals surface area contributed by atoms with E-state index in [0.29, 0.717) is 12.6 Å². The molecular weight excluding hydrogens is 262 g/mol. The third kappa shape index (κ3) is 2.88. The molecule has 1 unspecified atom stereocenters. The highest BCUT2D eigenvalue weighted by Crippen LogP contribution is 2.36. The molecule has 0 fully saturated rings. The first kappa shape index (κ1) is 14.0. The predicted octanol–water partition coefficient (Wildman–Crippen LogP) is 3.80. The lowest BCUT2D eigenvalue weighted by Crippen LogP contribution is -2.13. The molecule has 0 spiro atoms. The molecule has 110 valence electrons. The van der Waals surface area contributed by atoms with Gasteiger partial charge in [0, 0.05) is 12.5 Å². The summed E-state index contributed by atoms with van der Waals surface area (Å²) in [5.41, 5.74) is 3.68. The normalized spacial score (nSPS) is 15.3. The second-order valence-electron chi connectivity index (χ2n) is 5.31. The van der Waals surface area contributed by atoms with Crippen molar-refractivity contribution in [2.75, 3.05) is 20.3 Å². The van der Waals surface area contributed by atoms with Crippen molar-refractivity contribution in [3.05, 3.63) is 48.0 Å². The minimum absolute atomic E-state index is 0.303. The zero-order valence-corrected chi connectivity index (χ0v) is 12.6. The largest absolute Gasteiger partial charge is 0.490 e. The Morgan fingerprint density at radius 3 is 2.57 bits per heavy atom. The Hall–Kier alpha value is -2.00. The molecule has 0 aromatic heterocycles. The van der Waals surface area contributed by atoms with Gasteiger partial charge in [0.1, 0.15) is 0 Å². The SMILES string of the molecule is CNC(C)c1ccccc1-c1ccc2c(c1)OCCCO2. The van der Waals surface area contributed by atoms with Gasteiger partial charge in [-0.25, -0.2) is 0 Å². The Balaban J connectivity index is 2.03. The predicted molar refractivity (Wildman–Crippen MR) is 85.0 cm³/mol. The van der Waals surface area contributed by atoms with Crippen LogP contribution in [0.15, 0.2) is 42.5 Å². The molecule has 0 bridgehead atoms. The topological polar surface area (TPSA) is 30.5 Å². The summed E-state index contributed by atoms with van der Waals surface area (Å²) in [4.78, 5) is 0. The Kier molecular flexibility index (Phi) is 4.11. The molecule has 1 aliphatic rings. The summed E-state index contributed by atoms with van der Waals surface area (Å²) in [6, 6.07) is 15.0. The van der Waals surface area contributed by atoms with E-state index in [4.69, 9.17) is 9.47 Å². The highest BCUT2D eigenvalue weighted by atomic mass is 16.5. The summed E-state index contributed by atoms with van der Waals surface area (Å²) in [5, 5.41) is 3.31. The first-order chi connectivity index (χ1) is 10.3. The third-order valence-electron chi connectivity index (χ3n) is 3.92. The van der Waals surface area contributed by atoms with Crippen LogP contribution in [0.4, 0.5) is 0 Å². The van der Waals surface area contributed by atoms with Crippen LogP contribution >= 0.6 is 0 Å². The third-order valence-corrected chi connectivity index (χ3v) is 3.92. The molecule has 2 aromatic carbocycles. The van der Waals surface area contributed by atoms with Gasteiger partial charge < -0.3 is 14.8 Å². The monoisotopic (exact) mass is 283 g/mol. The first-order valence-corrected chi connectivity index (χ1v) is 7.46. The number of benzene rings is 2. The summed E-state index contributed by atoms with van der Waals surface area (Å²) in [7, 11) is 1.98. The van der Waals surface area contributed by atoms with Crippen molar-refractivity contribution >= 4 is 0 Å². The molecule has 1 N–H and O–H groups in total. The van der Waals surface area contributed by atoms with Gasteiger partial charge in [0.2, 0.25) is 0 Å². The second kappa shape index (κ2) is 6.19. The number of fused-ring (bicyclic) bond motifs is 1. The van der Waals surface area contributed by atoms with Crippen molar-refractivity contribution in [3.8, 4) is 22.6 Å². The lowest BCUT2D eigenvalue weighted by atomic mass is 9.95. The summed E-state index contributed by atoms with van der Waals surface area (Å²) in [5.74, 6) is 1.69. The highest BCUT2D eigenvalue weighted by Gasteiger charge is 2.14. The van der Waals surface area contributed by atoms with E-state index in [2.05, 4.69) is 48.6 Å². The fourth-order valence-electron chi connectivity index (χ4n) is 2.62. The minimum atomic E-state index is 0.303. The van der Waals surface area contributed by atoms with Crippen molar-refractivity contribution in [3.63, 3.8) is 0 Å². The number of rotatable bonds is 3. The van der Waals surface area contributed by atoms with Gasteiger partial charge in [-0.3, -0.25) is 0 Å². The van der Waals surface area contributed by atoms with E-state index in [1.807, 2.05) is 13.1 Å². The number of nitrogens with one attached hydrogen (secondary N) is 1. The molecule has 1 atom stereocenters. The fraction of sp³-hybridized carbons (Fsp3) is 0.333. The number of hydrogen-bond acceptors (Lipinski definition) is 3. The van der Waals surface area contributed by atoms with E-state index in [1.54, 1.807) is 0 Å². The molecule has 3 rings (SSSR count). The van der Waals surface area contributed by atoms with Crippen molar-refractivity contribution in [1.29, 1.82) is 0 Å². The highest BCUT2D eigenvalue weighted by molar-refractivity contribution is 5.71. The Labute approximate surface area is 125 Å². The summed E-state index contributed by atoms with van der Waals surface area (Å²) >= 11 is 0. The van der Waals surface area contributed by atoms with Crippen LogP contribution in [0, 0.1) is 0 Å². The van der Waals surface area contributed by atoms with Crippen molar-refractivity contribution in [2.45, 2.75) is 19.4 Å². The standard InChI is InChI=1S/C18H21NO2/c1-13(19-2)15-6-3-4-7-16(15)14-8-9-17-18(12-14)21-11-5-10-20-17/h3-4,6-9,12-13,19H,5,10-11H2,1-2H3. The lowest BCUT2D eigenvalue weighted by molar-refractivity contribution is 0.297. The van der Waals surface area contributed by atoms with Crippen LogP contribution in [0.1, 0.15) is 24.9 Å². The van der Waals surface area contributed by atoms with Crippen LogP contribution < -0.4 is 14.8 Å². The first-order valence-electron chi connectivity index (χ1n) is 7.46. The number of hydrogen-bond donors (Lipinski definition) is 1. The molecule has 0 radical (unpaired) electrons. The zero-order valence-electron chi connectivity index (χ0n) is 12.6. The van der Waals surface area contributed by atoms with Crippen LogP contribution in [0.5, 0.6) is 11.5 Å². The molecule has 1 aliphatic heterocycles. The van der Waals surface area contributed by atoms with E-state index < -0.39 is 0 Å². The van der Waals surface area contributed by atoms with Crippen LogP contribution in [0.2, 0.25) is 0 Å². The Morgan fingerprint density at radius 2 is 1.76 bits per heavy atom. The van der Waals surface area contributed by atoms with Gasteiger partial charge in [-0.1, -0.05) is 30.3 Å². The van der Waals surface area contributed by atoms with Crippen molar-refractivity contribution in [2.24, 2.45) is 0 Å². The number of ether oxygens (including phenoxy) is 2. The van der Waals surface area contributed by atoms with Crippen LogP contribution in [-0.4, -0.2) is 20.3 Å². The van der Waals surface area contributed by atoms with E-state index >= 15 is 0 Å². The van der Waals surface area contributed by atoms with Crippen molar-refractivity contribution in [1.82, 2.24) is 5.32 Å². The Morgan fingerprint density at radius 1 is 1.00 bits per heavy atom. The maximum Gasteiger partial charge on any atom is 0.161 e. The maximum absolute atomic E-state index is 5.80. The van der Waals surface area contributed by atoms with Crippen LogP contribution in [-0.2, 0) is 0 Å². The minimum Gasteiger partial charge on any atom is -0.490 e. The van der Waals surface area contributed by atoms with E-state index in [-0.39, 0.29) is 0 Å². The van der Waals surface area contributed by atoms with Crippen molar-refractivity contribution < 1.29 is 9.47 Å². The molecule has 0 saturated carbocycles. The van der Waals surface area contributed by atoms with Gasteiger partial charge in [0.15, 0.2) is 11.5 Å². The zero-order chi connectivity index (χ0) is 14.7. The van der Waals surface area contributed by atoms with Gasteiger partial charge in [-0.05, 0) is 42.8 Å². The van der Waals surface area contributed by atoms with Crippen LogP contribution in [0.3, 0.4) is 0 Å². The smallest absolute Gasteiger partial charge is 0.161 e.